The van der Waals surface area contributed by atoms with Crippen LogP contribution in [0.5, 0.6) is 0 Å². The van der Waals surface area contributed by atoms with Crippen molar-refractivity contribution < 1.29 is 9.53 Å². The van der Waals surface area contributed by atoms with Crippen LogP contribution in [0.3, 0.4) is 0 Å². The SMILES string of the molecule is C=C[C@@H](C[C@@H](O)c1ccccc1)O[Si](C(C)C)(C(C)C)C(C)C. The minimum absolute atomic E-state index is 0.107. The number of hydrogen-bond acceptors (Lipinski definition) is 2. The van der Waals surface area contributed by atoms with Crippen LogP contribution in [0.25, 0.3) is 0 Å². The topological polar surface area (TPSA) is 29.5 Å². The Labute approximate surface area is 143 Å². The maximum Gasteiger partial charge on any atom is 0.201 e. The van der Waals surface area contributed by atoms with E-state index in [1.54, 1.807) is 0 Å². The molecular formula is C20H34O2Si. The lowest BCUT2D eigenvalue weighted by atomic mass is 10.0. The summed E-state index contributed by atoms with van der Waals surface area (Å²) in [7, 11) is -1.96. The summed E-state index contributed by atoms with van der Waals surface area (Å²) in [6.45, 7) is 17.6. The molecule has 2 atom stereocenters. The van der Waals surface area contributed by atoms with E-state index in [1.165, 1.54) is 0 Å². The van der Waals surface area contributed by atoms with Crippen LogP contribution in [0, 0.1) is 0 Å². The zero-order chi connectivity index (χ0) is 17.6. The molecule has 0 spiro atoms. The summed E-state index contributed by atoms with van der Waals surface area (Å²) in [5, 5.41) is 10.5. The van der Waals surface area contributed by atoms with Gasteiger partial charge in [-0.1, -0.05) is 78.0 Å². The van der Waals surface area contributed by atoms with E-state index < -0.39 is 14.4 Å². The lowest BCUT2D eigenvalue weighted by Gasteiger charge is -2.44. The number of aliphatic hydroxyl groups is 1. The van der Waals surface area contributed by atoms with Crippen LogP contribution in [0.2, 0.25) is 16.6 Å². The Kier molecular flexibility index (Phi) is 7.72. The summed E-state index contributed by atoms with van der Waals surface area (Å²) in [5.41, 5.74) is 2.52. The lowest BCUT2D eigenvalue weighted by molar-refractivity contribution is 0.106. The number of benzene rings is 1. The van der Waals surface area contributed by atoms with Crippen LogP contribution < -0.4 is 0 Å². The Morgan fingerprint density at radius 3 is 1.87 bits per heavy atom. The fourth-order valence-electron chi connectivity index (χ4n) is 3.89. The average Bonchev–Trinajstić information content (AvgIpc) is 2.50. The van der Waals surface area contributed by atoms with Gasteiger partial charge in [-0.15, -0.1) is 6.58 Å². The van der Waals surface area contributed by atoms with Crippen molar-refractivity contribution in [2.45, 2.75) is 76.8 Å². The van der Waals surface area contributed by atoms with E-state index in [4.69, 9.17) is 4.43 Å². The van der Waals surface area contributed by atoms with Gasteiger partial charge in [0.1, 0.15) is 0 Å². The molecule has 1 aromatic carbocycles. The Morgan fingerprint density at radius 2 is 1.48 bits per heavy atom. The first-order valence-corrected chi connectivity index (χ1v) is 10.9. The average molecular weight is 335 g/mol. The van der Waals surface area contributed by atoms with Gasteiger partial charge in [-0.3, -0.25) is 0 Å². The van der Waals surface area contributed by atoms with E-state index >= 15 is 0 Å². The third-order valence-electron chi connectivity index (χ3n) is 4.97. The molecule has 0 heterocycles. The molecule has 0 fully saturated rings. The highest BCUT2D eigenvalue weighted by Crippen LogP contribution is 2.43. The van der Waals surface area contributed by atoms with Crippen LogP contribution in [0.15, 0.2) is 43.0 Å². The van der Waals surface area contributed by atoms with Crippen molar-refractivity contribution in [1.82, 2.24) is 0 Å². The predicted octanol–water partition coefficient (Wildman–Crippen LogP) is 5.86. The first-order chi connectivity index (χ1) is 10.8. The van der Waals surface area contributed by atoms with Gasteiger partial charge in [0.2, 0.25) is 8.32 Å². The molecule has 1 rings (SSSR count). The van der Waals surface area contributed by atoms with E-state index in [2.05, 4.69) is 48.1 Å². The highest BCUT2D eigenvalue weighted by molar-refractivity contribution is 6.77. The van der Waals surface area contributed by atoms with Gasteiger partial charge in [0.05, 0.1) is 12.2 Å². The fourth-order valence-corrected chi connectivity index (χ4v) is 9.43. The van der Waals surface area contributed by atoms with Crippen molar-refractivity contribution in [3.8, 4) is 0 Å². The van der Waals surface area contributed by atoms with Gasteiger partial charge in [-0.05, 0) is 22.2 Å². The summed E-state index contributed by atoms with van der Waals surface area (Å²) in [6.07, 6.45) is 1.80. The zero-order valence-corrected chi connectivity index (χ0v) is 16.6. The normalized spacial score (nSPS) is 15.2. The number of aliphatic hydroxyl groups excluding tert-OH is 1. The van der Waals surface area contributed by atoms with Crippen LogP contribution in [-0.2, 0) is 4.43 Å². The van der Waals surface area contributed by atoms with Gasteiger partial charge in [-0.2, -0.15) is 0 Å². The Bertz CT molecular complexity index is 446. The highest BCUT2D eigenvalue weighted by atomic mass is 28.4. The van der Waals surface area contributed by atoms with E-state index in [9.17, 15) is 5.11 Å². The van der Waals surface area contributed by atoms with Crippen molar-refractivity contribution in [3.63, 3.8) is 0 Å². The third kappa shape index (κ3) is 4.79. The molecule has 0 aliphatic heterocycles. The summed E-state index contributed by atoms with van der Waals surface area (Å²) in [6, 6.07) is 9.80. The second kappa shape index (κ2) is 8.81. The summed E-state index contributed by atoms with van der Waals surface area (Å²) >= 11 is 0. The smallest absolute Gasteiger partial charge is 0.201 e. The molecule has 0 unspecified atom stereocenters. The third-order valence-corrected chi connectivity index (χ3v) is 11.1. The second-order valence-corrected chi connectivity index (χ2v) is 12.8. The summed E-state index contributed by atoms with van der Waals surface area (Å²) < 4.78 is 6.72. The first kappa shape index (κ1) is 20.1. The van der Waals surface area contributed by atoms with Crippen LogP contribution in [0.1, 0.15) is 59.6 Å². The molecule has 2 nitrogen and oxygen atoms in total. The minimum Gasteiger partial charge on any atom is -0.410 e. The zero-order valence-electron chi connectivity index (χ0n) is 15.6. The van der Waals surface area contributed by atoms with Crippen LogP contribution in [0.4, 0.5) is 0 Å². The summed E-state index contributed by atoms with van der Waals surface area (Å²) in [5.74, 6) is 0. The highest BCUT2D eigenvalue weighted by Gasteiger charge is 2.46. The van der Waals surface area contributed by atoms with Crippen molar-refractivity contribution in [3.05, 3.63) is 48.6 Å². The molecule has 3 heteroatoms. The van der Waals surface area contributed by atoms with E-state index in [-0.39, 0.29) is 6.10 Å². The molecule has 0 bridgehead atoms. The molecule has 0 amide bonds. The van der Waals surface area contributed by atoms with E-state index in [0.717, 1.165) is 5.56 Å². The molecule has 1 aromatic rings. The molecule has 0 aliphatic carbocycles. The molecule has 1 N–H and O–H groups in total. The molecule has 0 saturated heterocycles. The largest absolute Gasteiger partial charge is 0.410 e. The molecule has 0 radical (unpaired) electrons. The van der Waals surface area contributed by atoms with Gasteiger partial charge in [0.25, 0.3) is 0 Å². The Hall–Kier alpha value is -0.903. The second-order valence-electron chi connectivity index (χ2n) is 7.37. The molecule has 0 saturated carbocycles. The van der Waals surface area contributed by atoms with Gasteiger partial charge in [0.15, 0.2) is 0 Å². The quantitative estimate of drug-likeness (QED) is 0.453. The maximum atomic E-state index is 10.5. The fraction of sp³-hybridized carbons (Fsp3) is 0.600. The maximum absolute atomic E-state index is 10.5. The Morgan fingerprint density at radius 1 is 1.00 bits per heavy atom. The van der Waals surface area contributed by atoms with E-state index in [0.29, 0.717) is 23.0 Å². The molecule has 0 aliphatic rings. The minimum atomic E-state index is -1.96. The van der Waals surface area contributed by atoms with Gasteiger partial charge < -0.3 is 9.53 Å². The van der Waals surface area contributed by atoms with Gasteiger partial charge in [0, 0.05) is 6.42 Å². The molecule has 0 aromatic heterocycles. The molecule has 23 heavy (non-hydrogen) atoms. The van der Waals surface area contributed by atoms with Crippen LogP contribution >= 0.6 is 0 Å². The Balaban J connectivity index is 2.94. The van der Waals surface area contributed by atoms with Crippen molar-refractivity contribution in [1.29, 1.82) is 0 Å². The van der Waals surface area contributed by atoms with Crippen molar-refractivity contribution in [2.24, 2.45) is 0 Å². The van der Waals surface area contributed by atoms with E-state index in [1.807, 2.05) is 36.4 Å². The lowest BCUT2D eigenvalue weighted by Crippen LogP contribution is -2.50. The monoisotopic (exact) mass is 334 g/mol. The molecule has 130 valence electrons. The van der Waals surface area contributed by atoms with Crippen molar-refractivity contribution in [2.75, 3.05) is 0 Å². The number of rotatable bonds is 9. The standard InChI is InChI=1S/C20H34O2Si/c1-8-19(14-20(21)18-12-10-9-11-13-18)22-23(15(2)3,16(4)5)17(6)7/h8-13,15-17,19-21H,1,14H2,2-7H3/t19-,20+/m0/s1. The van der Waals surface area contributed by atoms with Crippen molar-refractivity contribution >= 4 is 8.32 Å². The predicted molar refractivity (Wildman–Crippen MR) is 102 cm³/mol. The van der Waals surface area contributed by atoms with Gasteiger partial charge >= 0.3 is 0 Å². The number of hydrogen-bond donors (Lipinski definition) is 1. The van der Waals surface area contributed by atoms with Gasteiger partial charge in [-0.25, -0.2) is 0 Å². The summed E-state index contributed by atoms with van der Waals surface area (Å²) in [4.78, 5) is 0. The molecular weight excluding hydrogens is 300 g/mol. The first-order valence-electron chi connectivity index (χ1n) is 8.79. The van der Waals surface area contributed by atoms with Crippen LogP contribution in [-0.4, -0.2) is 19.5 Å².